The maximum absolute atomic E-state index is 12.6. The van der Waals surface area contributed by atoms with E-state index in [0.717, 1.165) is 0 Å². The van der Waals surface area contributed by atoms with Gasteiger partial charge >= 0.3 is 10.1 Å². The first-order valence-corrected chi connectivity index (χ1v) is 12.0. The smallest absolute Gasteiger partial charge is 0.339 e. The summed E-state index contributed by atoms with van der Waals surface area (Å²) in [7, 11) is -4.13. The Morgan fingerprint density at radius 2 is 1.73 bits per heavy atom. The van der Waals surface area contributed by atoms with E-state index in [-0.39, 0.29) is 38.6 Å². The molecule has 33 heavy (non-hydrogen) atoms. The molecule has 0 fully saturated rings. The Balaban J connectivity index is 1.81. The number of hydrogen-bond donors (Lipinski definition) is 1. The van der Waals surface area contributed by atoms with Crippen LogP contribution in [0, 0.1) is 0 Å². The number of hydrazone groups is 1. The van der Waals surface area contributed by atoms with Crippen molar-refractivity contribution in [3.63, 3.8) is 0 Å². The van der Waals surface area contributed by atoms with Gasteiger partial charge in [-0.05, 0) is 55.0 Å². The predicted octanol–water partition coefficient (Wildman–Crippen LogP) is 5.58. The molecule has 1 amide bonds. The van der Waals surface area contributed by atoms with E-state index < -0.39 is 16.0 Å². The van der Waals surface area contributed by atoms with E-state index in [4.69, 9.17) is 43.7 Å². The molecule has 0 saturated heterocycles. The van der Waals surface area contributed by atoms with Gasteiger partial charge < -0.3 is 8.92 Å². The van der Waals surface area contributed by atoms with E-state index in [0.29, 0.717) is 10.6 Å². The summed E-state index contributed by atoms with van der Waals surface area (Å²) in [5, 5.41) is 4.44. The van der Waals surface area contributed by atoms with Crippen LogP contribution in [0.1, 0.15) is 22.8 Å². The number of carbonyl (C=O) groups is 1. The number of halogens is 3. The predicted molar refractivity (Wildman–Crippen MR) is 128 cm³/mol. The van der Waals surface area contributed by atoms with Crippen molar-refractivity contribution < 1.29 is 22.1 Å². The summed E-state index contributed by atoms with van der Waals surface area (Å²) in [5.74, 6) is -0.559. The number of rotatable bonds is 8. The Morgan fingerprint density at radius 3 is 2.39 bits per heavy atom. The van der Waals surface area contributed by atoms with Gasteiger partial charge in [-0.3, -0.25) is 4.79 Å². The minimum Gasteiger partial charge on any atom is -0.490 e. The molecular formula is C22H17Cl3N2O5S. The van der Waals surface area contributed by atoms with Gasteiger partial charge in [-0.25, -0.2) is 5.43 Å². The molecule has 0 unspecified atom stereocenters. The standard InChI is InChI=1S/C22H17Cl3N2O5S/c1-2-31-20-11-14(13-26-27-22(28)15-8-9-17(23)18(24)12-15)10-19(25)21(20)32-33(29,30)16-6-4-3-5-7-16/h3-13H,2H2,1H3,(H,27,28)/b26-13-. The Morgan fingerprint density at radius 1 is 1.00 bits per heavy atom. The molecule has 0 bridgehead atoms. The number of hydrogen-bond acceptors (Lipinski definition) is 6. The summed E-state index contributed by atoms with van der Waals surface area (Å²) in [6.45, 7) is 1.95. The molecule has 0 aromatic heterocycles. The van der Waals surface area contributed by atoms with Gasteiger partial charge in [0.2, 0.25) is 5.75 Å². The molecule has 1 N–H and O–H groups in total. The molecule has 0 radical (unpaired) electrons. The topological polar surface area (TPSA) is 94.1 Å². The molecule has 3 rings (SSSR count). The van der Waals surface area contributed by atoms with Crippen LogP contribution in [0.2, 0.25) is 15.1 Å². The maximum Gasteiger partial charge on any atom is 0.339 e. The summed E-state index contributed by atoms with van der Waals surface area (Å²) in [6, 6.07) is 15.0. The van der Waals surface area contributed by atoms with Crippen molar-refractivity contribution in [2.75, 3.05) is 6.61 Å². The molecule has 7 nitrogen and oxygen atoms in total. The highest BCUT2D eigenvalue weighted by Gasteiger charge is 2.22. The van der Waals surface area contributed by atoms with Crippen molar-refractivity contribution in [1.29, 1.82) is 0 Å². The minimum atomic E-state index is -4.13. The molecule has 0 atom stereocenters. The van der Waals surface area contributed by atoms with Gasteiger partial charge in [0.05, 0.1) is 27.9 Å². The first-order chi connectivity index (χ1) is 15.7. The molecule has 172 valence electrons. The summed E-state index contributed by atoms with van der Waals surface area (Å²) in [5.41, 5.74) is 3.06. The molecular weight excluding hydrogens is 511 g/mol. The lowest BCUT2D eigenvalue weighted by atomic mass is 10.2. The zero-order chi connectivity index (χ0) is 24.0. The zero-order valence-corrected chi connectivity index (χ0v) is 20.2. The molecule has 0 aliphatic rings. The Labute approximate surface area is 206 Å². The van der Waals surface area contributed by atoms with E-state index in [2.05, 4.69) is 10.5 Å². The van der Waals surface area contributed by atoms with Crippen LogP contribution in [-0.2, 0) is 10.1 Å². The molecule has 0 aliphatic heterocycles. The first kappa shape index (κ1) is 24.9. The number of carbonyl (C=O) groups excluding carboxylic acids is 1. The second-order valence-electron chi connectivity index (χ2n) is 6.44. The highest BCUT2D eigenvalue weighted by Crippen LogP contribution is 2.38. The summed E-state index contributed by atoms with van der Waals surface area (Å²) >= 11 is 18.1. The van der Waals surface area contributed by atoms with Crippen LogP contribution in [0.5, 0.6) is 11.5 Å². The van der Waals surface area contributed by atoms with E-state index in [9.17, 15) is 13.2 Å². The summed E-state index contributed by atoms with van der Waals surface area (Å²) in [6.07, 6.45) is 1.32. The van der Waals surface area contributed by atoms with Crippen LogP contribution in [0.25, 0.3) is 0 Å². The second-order valence-corrected chi connectivity index (χ2v) is 9.21. The van der Waals surface area contributed by atoms with E-state index in [1.54, 1.807) is 25.1 Å². The SMILES string of the molecule is CCOc1cc(/C=N\NC(=O)c2ccc(Cl)c(Cl)c2)cc(Cl)c1OS(=O)(=O)c1ccccc1. The second kappa shape index (κ2) is 10.9. The lowest BCUT2D eigenvalue weighted by Gasteiger charge is -2.14. The fourth-order valence-electron chi connectivity index (χ4n) is 2.62. The Bertz CT molecular complexity index is 1300. The van der Waals surface area contributed by atoms with E-state index in [1.807, 2.05) is 0 Å². The van der Waals surface area contributed by atoms with Crippen LogP contribution in [0.4, 0.5) is 0 Å². The number of nitrogens with one attached hydrogen (secondary N) is 1. The fourth-order valence-corrected chi connectivity index (χ4v) is 4.20. The highest BCUT2D eigenvalue weighted by atomic mass is 35.5. The normalized spacial score (nSPS) is 11.4. The van der Waals surface area contributed by atoms with Gasteiger partial charge in [-0.15, -0.1) is 0 Å². The fraction of sp³-hybridized carbons (Fsp3) is 0.0909. The van der Waals surface area contributed by atoms with Gasteiger partial charge in [-0.2, -0.15) is 13.5 Å². The van der Waals surface area contributed by atoms with Gasteiger partial charge in [0, 0.05) is 5.56 Å². The van der Waals surface area contributed by atoms with Crippen molar-refractivity contribution in [3.05, 3.63) is 86.9 Å². The molecule has 0 saturated carbocycles. The van der Waals surface area contributed by atoms with Crippen molar-refractivity contribution >= 4 is 57.0 Å². The molecule has 0 aliphatic carbocycles. The number of ether oxygens (including phenoxy) is 1. The molecule has 11 heteroatoms. The Kier molecular flexibility index (Phi) is 8.20. The van der Waals surface area contributed by atoms with Crippen LogP contribution in [0.15, 0.2) is 70.7 Å². The third-order valence-electron chi connectivity index (χ3n) is 4.12. The molecule has 3 aromatic rings. The van der Waals surface area contributed by atoms with E-state index >= 15 is 0 Å². The molecule has 0 spiro atoms. The zero-order valence-electron chi connectivity index (χ0n) is 17.1. The minimum absolute atomic E-state index is 0.0160. The lowest BCUT2D eigenvalue weighted by molar-refractivity contribution is 0.0955. The van der Waals surface area contributed by atoms with Crippen molar-refractivity contribution in [1.82, 2.24) is 5.43 Å². The number of amides is 1. The number of benzene rings is 3. The van der Waals surface area contributed by atoms with Gasteiger partial charge in [0.15, 0.2) is 5.75 Å². The maximum atomic E-state index is 12.6. The quantitative estimate of drug-likeness (QED) is 0.235. The van der Waals surface area contributed by atoms with Crippen LogP contribution in [0.3, 0.4) is 0 Å². The number of nitrogens with zero attached hydrogens (tertiary/aromatic N) is 1. The average Bonchev–Trinajstić information content (AvgIpc) is 2.78. The third-order valence-corrected chi connectivity index (χ3v) is 6.37. The van der Waals surface area contributed by atoms with E-state index in [1.165, 1.54) is 48.7 Å². The van der Waals surface area contributed by atoms with Gasteiger partial charge in [-0.1, -0.05) is 53.0 Å². The van der Waals surface area contributed by atoms with Crippen LogP contribution >= 0.6 is 34.8 Å². The molecule has 3 aromatic carbocycles. The van der Waals surface area contributed by atoms with Crippen LogP contribution in [-0.4, -0.2) is 27.1 Å². The van der Waals surface area contributed by atoms with Crippen LogP contribution < -0.4 is 14.3 Å². The Hall–Kier alpha value is -2.78. The van der Waals surface area contributed by atoms with Crippen molar-refractivity contribution in [2.45, 2.75) is 11.8 Å². The largest absolute Gasteiger partial charge is 0.490 e. The lowest BCUT2D eigenvalue weighted by Crippen LogP contribution is -2.17. The first-order valence-electron chi connectivity index (χ1n) is 9.45. The van der Waals surface area contributed by atoms with Gasteiger partial charge in [0.1, 0.15) is 4.90 Å². The molecule has 0 heterocycles. The van der Waals surface area contributed by atoms with Crippen molar-refractivity contribution in [2.24, 2.45) is 5.10 Å². The van der Waals surface area contributed by atoms with Crippen molar-refractivity contribution in [3.8, 4) is 11.5 Å². The third kappa shape index (κ3) is 6.39. The summed E-state index contributed by atoms with van der Waals surface area (Å²) in [4.78, 5) is 12.2. The monoisotopic (exact) mass is 526 g/mol. The summed E-state index contributed by atoms with van der Waals surface area (Å²) < 4.78 is 36.0. The average molecular weight is 528 g/mol. The highest BCUT2D eigenvalue weighted by molar-refractivity contribution is 7.87. The van der Waals surface area contributed by atoms with Gasteiger partial charge in [0.25, 0.3) is 5.91 Å².